The van der Waals surface area contributed by atoms with Crippen molar-refractivity contribution in [3.8, 4) is 0 Å². The topological polar surface area (TPSA) is 69.4 Å². The summed E-state index contributed by atoms with van der Waals surface area (Å²) in [7, 11) is 0. The lowest BCUT2D eigenvalue weighted by atomic mass is 10.1. The maximum absolute atomic E-state index is 10.9. The van der Waals surface area contributed by atoms with Crippen molar-refractivity contribution in [3.05, 3.63) is 0 Å². The highest BCUT2D eigenvalue weighted by molar-refractivity contribution is 5.77. The number of unbranched alkanes of at least 4 members (excludes halogenated alkanes) is 2. The summed E-state index contributed by atoms with van der Waals surface area (Å²) in [6.07, 6.45) is 4.04. The SMILES string of the molecule is CCC(=O)CCCCCC(=O)ON. The maximum Gasteiger partial charge on any atom is 0.324 e. The zero-order valence-electron chi connectivity index (χ0n) is 8.04. The van der Waals surface area contributed by atoms with Crippen LogP contribution in [0, 0.1) is 0 Å². The summed E-state index contributed by atoms with van der Waals surface area (Å²) < 4.78 is 0. The molecule has 0 aliphatic carbocycles. The molecule has 0 amide bonds. The summed E-state index contributed by atoms with van der Waals surface area (Å²) in [4.78, 5) is 25.4. The molecule has 0 heterocycles. The van der Waals surface area contributed by atoms with Crippen LogP contribution in [-0.4, -0.2) is 11.8 Å². The van der Waals surface area contributed by atoms with E-state index in [-0.39, 0.29) is 11.8 Å². The van der Waals surface area contributed by atoms with E-state index in [0.717, 1.165) is 19.3 Å². The van der Waals surface area contributed by atoms with Gasteiger partial charge in [0.25, 0.3) is 0 Å². The second kappa shape index (κ2) is 7.73. The first-order valence-corrected chi connectivity index (χ1v) is 4.62. The van der Waals surface area contributed by atoms with Crippen LogP contribution in [0.25, 0.3) is 0 Å². The van der Waals surface area contributed by atoms with Gasteiger partial charge in [-0.2, -0.15) is 5.90 Å². The van der Waals surface area contributed by atoms with Gasteiger partial charge in [0.2, 0.25) is 0 Å². The standard InChI is InChI=1S/C9H17NO3/c1-2-8(11)6-4-3-5-7-9(12)13-10/h2-7,10H2,1H3. The minimum Gasteiger partial charge on any atom is -0.373 e. The number of hydrogen-bond acceptors (Lipinski definition) is 4. The van der Waals surface area contributed by atoms with Crippen molar-refractivity contribution < 1.29 is 14.4 Å². The van der Waals surface area contributed by atoms with Gasteiger partial charge in [-0.15, -0.1) is 0 Å². The van der Waals surface area contributed by atoms with Crippen LogP contribution < -0.4 is 5.90 Å². The molecule has 0 rings (SSSR count). The fourth-order valence-electron chi connectivity index (χ4n) is 1.00. The van der Waals surface area contributed by atoms with Gasteiger partial charge >= 0.3 is 5.97 Å². The highest BCUT2D eigenvalue weighted by atomic mass is 16.7. The molecule has 0 radical (unpaired) electrons. The van der Waals surface area contributed by atoms with Gasteiger partial charge in [-0.05, 0) is 12.8 Å². The Morgan fingerprint density at radius 2 is 1.77 bits per heavy atom. The van der Waals surface area contributed by atoms with E-state index in [1.807, 2.05) is 6.92 Å². The van der Waals surface area contributed by atoms with Crippen molar-refractivity contribution in [1.29, 1.82) is 0 Å². The van der Waals surface area contributed by atoms with Crippen LogP contribution in [0.4, 0.5) is 0 Å². The fourth-order valence-corrected chi connectivity index (χ4v) is 1.00. The predicted molar refractivity (Wildman–Crippen MR) is 48.7 cm³/mol. The zero-order valence-corrected chi connectivity index (χ0v) is 8.04. The first kappa shape index (κ1) is 12.1. The van der Waals surface area contributed by atoms with Crippen molar-refractivity contribution >= 4 is 11.8 Å². The van der Waals surface area contributed by atoms with E-state index in [4.69, 9.17) is 0 Å². The molecular formula is C9H17NO3. The van der Waals surface area contributed by atoms with Gasteiger partial charge in [-0.1, -0.05) is 13.3 Å². The van der Waals surface area contributed by atoms with Crippen molar-refractivity contribution in [2.45, 2.75) is 45.4 Å². The van der Waals surface area contributed by atoms with Crippen molar-refractivity contribution in [2.75, 3.05) is 0 Å². The summed E-state index contributed by atoms with van der Waals surface area (Å²) >= 11 is 0. The lowest BCUT2D eigenvalue weighted by Crippen LogP contribution is -2.09. The third-order valence-corrected chi connectivity index (χ3v) is 1.86. The molecule has 0 aromatic carbocycles. The quantitative estimate of drug-likeness (QED) is 0.482. The number of rotatable bonds is 7. The minimum absolute atomic E-state index is 0.279. The van der Waals surface area contributed by atoms with Gasteiger partial charge < -0.3 is 4.84 Å². The number of carbonyl (C=O) groups is 2. The normalized spacial score (nSPS) is 9.69. The second-order valence-corrected chi connectivity index (χ2v) is 2.94. The van der Waals surface area contributed by atoms with Crippen LogP contribution in [0.15, 0.2) is 0 Å². The summed E-state index contributed by atoms with van der Waals surface area (Å²) in [5.41, 5.74) is 0. The van der Waals surface area contributed by atoms with Crippen molar-refractivity contribution in [3.63, 3.8) is 0 Å². The van der Waals surface area contributed by atoms with Gasteiger partial charge in [0.05, 0.1) is 0 Å². The van der Waals surface area contributed by atoms with Crippen LogP contribution in [0.2, 0.25) is 0 Å². The molecule has 4 heteroatoms. The summed E-state index contributed by atoms with van der Waals surface area (Å²) in [5, 5.41) is 0. The molecule has 2 N–H and O–H groups in total. The van der Waals surface area contributed by atoms with Crippen molar-refractivity contribution in [1.82, 2.24) is 0 Å². The van der Waals surface area contributed by atoms with E-state index in [2.05, 4.69) is 10.7 Å². The van der Waals surface area contributed by atoms with Crippen molar-refractivity contribution in [2.24, 2.45) is 5.90 Å². The Balaban J connectivity index is 3.17. The zero-order chi connectivity index (χ0) is 10.1. The van der Waals surface area contributed by atoms with E-state index in [9.17, 15) is 9.59 Å². The Labute approximate surface area is 78.4 Å². The molecule has 13 heavy (non-hydrogen) atoms. The van der Waals surface area contributed by atoms with E-state index in [1.54, 1.807) is 0 Å². The Morgan fingerprint density at radius 1 is 1.15 bits per heavy atom. The van der Waals surface area contributed by atoms with Crippen LogP contribution in [0.5, 0.6) is 0 Å². The molecule has 0 aliphatic heterocycles. The summed E-state index contributed by atoms with van der Waals surface area (Å²) in [6.45, 7) is 1.86. The maximum atomic E-state index is 10.9. The molecule has 0 bridgehead atoms. The smallest absolute Gasteiger partial charge is 0.324 e. The molecule has 0 fully saturated rings. The third kappa shape index (κ3) is 7.46. The average molecular weight is 187 g/mol. The Morgan fingerprint density at radius 3 is 2.31 bits per heavy atom. The third-order valence-electron chi connectivity index (χ3n) is 1.86. The molecular weight excluding hydrogens is 170 g/mol. The fraction of sp³-hybridized carbons (Fsp3) is 0.778. The molecule has 0 aromatic heterocycles. The molecule has 0 atom stereocenters. The Hall–Kier alpha value is -0.900. The van der Waals surface area contributed by atoms with Crippen LogP contribution in [-0.2, 0) is 14.4 Å². The van der Waals surface area contributed by atoms with Gasteiger partial charge in [-0.3, -0.25) is 9.59 Å². The van der Waals surface area contributed by atoms with E-state index in [1.165, 1.54) is 0 Å². The molecule has 0 saturated heterocycles. The van der Waals surface area contributed by atoms with Gasteiger partial charge in [-0.25, -0.2) is 0 Å². The molecule has 0 aromatic rings. The first-order chi connectivity index (χ1) is 6.20. The number of ketones is 1. The van der Waals surface area contributed by atoms with E-state index in [0.29, 0.717) is 19.3 Å². The van der Waals surface area contributed by atoms with Crippen LogP contribution >= 0.6 is 0 Å². The van der Waals surface area contributed by atoms with E-state index >= 15 is 0 Å². The largest absolute Gasteiger partial charge is 0.373 e. The highest BCUT2D eigenvalue weighted by Gasteiger charge is 2.01. The molecule has 76 valence electrons. The lowest BCUT2D eigenvalue weighted by molar-refractivity contribution is -0.144. The minimum atomic E-state index is -0.387. The molecule has 0 saturated carbocycles. The van der Waals surface area contributed by atoms with Gasteiger partial charge in [0.15, 0.2) is 0 Å². The second-order valence-electron chi connectivity index (χ2n) is 2.94. The average Bonchev–Trinajstić information content (AvgIpc) is 2.16. The summed E-state index contributed by atoms with van der Waals surface area (Å²) in [6, 6.07) is 0. The first-order valence-electron chi connectivity index (χ1n) is 4.62. The van der Waals surface area contributed by atoms with Crippen LogP contribution in [0.3, 0.4) is 0 Å². The van der Waals surface area contributed by atoms with Gasteiger partial charge in [0, 0.05) is 19.3 Å². The predicted octanol–water partition coefficient (Wildman–Crippen LogP) is 1.33. The molecule has 0 aliphatic rings. The highest BCUT2D eigenvalue weighted by Crippen LogP contribution is 2.04. The number of nitrogens with two attached hydrogens (primary N) is 1. The monoisotopic (exact) mass is 187 g/mol. The molecule has 4 nitrogen and oxygen atoms in total. The number of carbonyl (C=O) groups excluding carboxylic acids is 2. The number of hydrogen-bond donors (Lipinski definition) is 1. The lowest BCUT2D eigenvalue weighted by Gasteiger charge is -1.98. The van der Waals surface area contributed by atoms with Crippen LogP contribution in [0.1, 0.15) is 45.4 Å². The Bertz CT molecular complexity index is 150. The summed E-state index contributed by atoms with van der Waals surface area (Å²) in [5.74, 6) is 4.54. The number of Topliss-reactive ketones (excluding diaryl/α,β-unsaturated/α-hetero) is 1. The van der Waals surface area contributed by atoms with E-state index < -0.39 is 0 Å². The van der Waals surface area contributed by atoms with Gasteiger partial charge in [0.1, 0.15) is 5.78 Å². The molecule has 0 spiro atoms. The Kier molecular flexibility index (Phi) is 7.20. The molecule has 0 unspecified atom stereocenters.